The largest absolute Gasteiger partial charge is 0.0683 e. The van der Waals surface area contributed by atoms with Crippen LogP contribution in [0.2, 0.25) is 0 Å². The van der Waals surface area contributed by atoms with Gasteiger partial charge in [0.2, 0.25) is 0 Å². The standard InChI is InChI=1S/C10H8.3C2H6/c1-2-5-9-7-4-8-10(9)6-3-1;3*1-2/h1-8H;3*1-2H3. The Labute approximate surface area is 102 Å². The third kappa shape index (κ3) is 6.23. The van der Waals surface area contributed by atoms with Crippen molar-refractivity contribution in [1.29, 1.82) is 0 Å². The van der Waals surface area contributed by atoms with Gasteiger partial charge < -0.3 is 0 Å². The van der Waals surface area contributed by atoms with Crippen LogP contribution in [0.25, 0.3) is 11.1 Å². The Balaban J connectivity index is 0. The molecule has 0 atom stereocenters. The quantitative estimate of drug-likeness (QED) is 0.518. The molecule has 0 saturated carbocycles. The lowest BCUT2D eigenvalue weighted by Gasteiger charge is -1.85. The Morgan fingerprint density at radius 2 is 0.750 bits per heavy atom. The van der Waals surface area contributed by atoms with Crippen molar-refractivity contribution in [2.45, 2.75) is 41.5 Å². The Morgan fingerprint density at radius 3 is 1.12 bits per heavy atom. The van der Waals surface area contributed by atoms with E-state index < -0.39 is 0 Å². The maximum absolute atomic E-state index is 2.12. The second-order valence-electron chi connectivity index (χ2n) is 2.35. The first-order valence-corrected chi connectivity index (χ1v) is 6.40. The fourth-order valence-electron chi connectivity index (χ4n) is 1.13. The zero-order chi connectivity index (χ0) is 12.8. The van der Waals surface area contributed by atoms with E-state index >= 15 is 0 Å². The third-order valence-electron chi connectivity index (χ3n) is 1.66. The van der Waals surface area contributed by atoms with E-state index in [9.17, 15) is 0 Å². The van der Waals surface area contributed by atoms with Gasteiger partial charge in [-0.25, -0.2) is 0 Å². The van der Waals surface area contributed by atoms with Gasteiger partial charge >= 0.3 is 0 Å². The van der Waals surface area contributed by atoms with Crippen LogP contribution in [0, 0.1) is 0 Å². The molecular weight excluding hydrogens is 192 g/mol. The minimum atomic E-state index is 1.31. The molecule has 0 fully saturated rings. The Kier molecular flexibility index (Phi) is 14.6. The van der Waals surface area contributed by atoms with Gasteiger partial charge in [0.15, 0.2) is 0 Å². The average molecular weight is 218 g/mol. The minimum absolute atomic E-state index is 1.31. The van der Waals surface area contributed by atoms with Gasteiger partial charge in [-0.1, -0.05) is 90.1 Å². The van der Waals surface area contributed by atoms with Crippen molar-refractivity contribution >= 4 is 0 Å². The van der Waals surface area contributed by atoms with E-state index in [0.29, 0.717) is 0 Å². The van der Waals surface area contributed by atoms with Gasteiger partial charge in [0.05, 0.1) is 0 Å². The fourth-order valence-corrected chi connectivity index (χ4v) is 1.13. The maximum atomic E-state index is 2.12. The molecule has 0 unspecified atom stereocenters. The topological polar surface area (TPSA) is 0 Å². The minimum Gasteiger partial charge on any atom is -0.0683 e. The van der Waals surface area contributed by atoms with Gasteiger partial charge in [-0.2, -0.15) is 0 Å². The molecule has 0 radical (unpaired) electrons. The van der Waals surface area contributed by atoms with Crippen LogP contribution in [0.3, 0.4) is 0 Å². The van der Waals surface area contributed by atoms with Crippen LogP contribution in [-0.4, -0.2) is 0 Å². The van der Waals surface area contributed by atoms with Crippen LogP contribution >= 0.6 is 0 Å². The highest BCUT2D eigenvalue weighted by atomic mass is 14.0. The lowest BCUT2D eigenvalue weighted by Crippen LogP contribution is -1.59. The molecule has 90 valence electrons. The SMILES string of the molecule is CC.CC.CC.c1ccc2cccc-2cc1. The summed E-state index contributed by atoms with van der Waals surface area (Å²) < 4.78 is 0. The molecule has 0 aliphatic heterocycles. The highest BCUT2D eigenvalue weighted by molar-refractivity contribution is 5.65. The van der Waals surface area contributed by atoms with Gasteiger partial charge in [0, 0.05) is 0 Å². The van der Waals surface area contributed by atoms with E-state index in [1.807, 2.05) is 47.6 Å². The first-order chi connectivity index (χ1) is 7.97. The molecule has 0 spiro atoms. The summed E-state index contributed by atoms with van der Waals surface area (Å²) in [5, 5.41) is 0. The third-order valence-corrected chi connectivity index (χ3v) is 1.66. The molecule has 0 aromatic rings. The average Bonchev–Trinajstić information content (AvgIpc) is 2.73. The summed E-state index contributed by atoms with van der Waals surface area (Å²) in [6.07, 6.45) is 0. The van der Waals surface area contributed by atoms with E-state index in [1.165, 1.54) is 11.1 Å². The predicted octanol–water partition coefficient (Wildman–Crippen LogP) is 5.87. The van der Waals surface area contributed by atoms with E-state index in [1.54, 1.807) is 0 Å². The van der Waals surface area contributed by atoms with Gasteiger partial charge in [0.1, 0.15) is 0 Å². The number of hydrogen-bond acceptors (Lipinski definition) is 0. The molecule has 0 nitrogen and oxygen atoms in total. The van der Waals surface area contributed by atoms with E-state index in [2.05, 4.69) is 42.5 Å². The lowest BCUT2D eigenvalue weighted by atomic mass is 10.2. The van der Waals surface area contributed by atoms with Crippen molar-refractivity contribution in [1.82, 2.24) is 0 Å². The van der Waals surface area contributed by atoms with Crippen molar-refractivity contribution < 1.29 is 0 Å². The van der Waals surface area contributed by atoms with Crippen LogP contribution in [-0.2, 0) is 0 Å². The molecule has 2 rings (SSSR count). The molecule has 0 heterocycles. The Morgan fingerprint density at radius 1 is 0.438 bits per heavy atom. The van der Waals surface area contributed by atoms with E-state index in [0.717, 1.165) is 0 Å². The molecular formula is C16H26. The first kappa shape index (κ1) is 17.1. The van der Waals surface area contributed by atoms with Crippen LogP contribution in [0.4, 0.5) is 0 Å². The molecule has 0 heteroatoms. The molecule has 2 aliphatic carbocycles. The normalized spacial score (nSPS) is 7.38. The summed E-state index contributed by atoms with van der Waals surface area (Å²) in [6.45, 7) is 12.0. The Bertz CT molecular complexity index is 271. The van der Waals surface area contributed by atoms with Gasteiger partial charge in [0.25, 0.3) is 0 Å². The molecule has 0 aromatic heterocycles. The monoisotopic (exact) mass is 218 g/mol. The second-order valence-corrected chi connectivity index (χ2v) is 2.35. The van der Waals surface area contributed by atoms with Gasteiger partial charge in [-0.3, -0.25) is 0 Å². The summed E-state index contributed by atoms with van der Waals surface area (Å²) in [4.78, 5) is 0. The summed E-state index contributed by atoms with van der Waals surface area (Å²) in [7, 11) is 0. The number of hydrogen-bond donors (Lipinski definition) is 0. The second kappa shape index (κ2) is 13.7. The molecule has 0 saturated heterocycles. The van der Waals surface area contributed by atoms with Crippen LogP contribution < -0.4 is 0 Å². The van der Waals surface area contributed by atoms with Gasteiger partial charge in [-0.05, 0) is 11.1 Å². The van der Waals surface area contributed by atoms with E-state index in [4.69, 9.17) is 0 Å². The summed E-state index contributed by atoms with van der Waals surface area (Å²) >= 11 is 0. The van der Waals surface area contributed by atoms with E-state index in [-0.39, 0.29) is 0 Å². The summed E-state index contributed by atoms with van der Waals surface area (Å²) in [5.74, 6) is 0. The van der Waals surface area contributed by atoms with Gasteiger partial charge in [-0.15, -0.1) is 0 Å². The summed E-state index contributed by atoms with van der Waals surface area (Å²) in [6, 6.07) is 16.7. The van der Waals surface area contributed by atoms with Crippen LogP contribution in [0.15, 0.2) is 48.5 Å². The maximum Gasteiger partial charge on any atom is -0.0184 e. The highest BCUT2D eigenvalue weighted by Gasteiger charge is 1.94. The molecule has 2 aliphatic rings. The van der Waals surface area contributed by atoms with Crippen molar-refractivity contribution in [2.75, 3.05) is 0 Å². The lowest BCUT2D eigenvalue weighted by molar-refractivity contribution is 1.50. The van der Waals surface area contributed by atoms with Crippen LogP contribution in [0.5, 0.6) is 0 Å². The van der Waals surface area contributed by atoms with Crippen molar-refractivity contribution in [3.8, 4) is 11.1 Å². The molecule has 0 N–H and O–H groups in total. The van der Waals surface area contributed by atoms with Crippen molar-refractivity contribution in [2.24, 2.45) is 0 Å². The number of fused-ring (bicyclic) bond motifs is 1. The zero-order valence-corrected chi connectivity index (χ0v) is 11.6. The van der Waals surface area contributed by atoms with Crippen molar-refractivity contribution in [3.05, 3.63) is 48.5 Å². The predicted molar refractivity (Wildman–Crippen MR) is 77.1 cm³/mol. The zero-order valence-electron chi connectivity index (χ0n) is 11.6. The smallest absolute Gasteiger partial charge is 0.0184 e. The molecule has 0 aromatic carbocycles. The molecule has 0 amide bonds. The summed E-state index contributed by atoms with van der Waals surface area (Å²) in [5.41, 5.74) is 2.62. The van der Waals surface area contributed by atoms with Crippen LogP contribution in [0.1, 0.15) is 41.5 Å². The van der Waals surface area contributed by atoms with Crippen molar-refractivity contribution in [3.63, 3.8) is 0 Å². The fraction of sp³-hybridized carbons (Fsp3) is 0.375. The molecule has 16 heavy (non-hydrogen) atoms. The highest BCUT2D eigenvalue weighted by Crippen LogP contribution is 2.19. The first-order valence-electron chi connectivity index (χ1n) is 6.40. The Hall–Kier alpha value is -1.30. The molecule has 0 bridgehead atoms. The number of rotatable bonds is 0.